The SMILES string of the molecule is C=CCN(CCO)C(=O)c1ccnc(Cl)c1[N+](=O)[O-]. The van der Waals surface area contributed by atoms with E-state index in [2.05, 4.69) is 11.6 Å². The molecule has 8 heteroatoms. The van der Waals surface area contributed by atoms with Gasteiger partial charge in [0, 0.05) is 19.3 Å². The normalized spacial score (nSPS) is 10.0. The van der Waals surface area contributed by atoms with Gasteiger partial charge in [0.25, 0.3) is 5.91 Å². The van der Waals surface area contributed by atoms with Crippen molar-refractivity contribution in [1.82, 2.24) is 9.88 Å². The number of halogens is 1. The highest BCUT2D eigenvalue weighted by atomic mass is 35.5. The molecule has 0 saturated heterocycles. The number of nitro groups is 1. The number of hydrogen-bond acceptors (Lipinski definition) is 5. The molecule has 7 nitrogen and oxygen atoms in total. The van der Waals surface area contributed by atoms with Gasteiger partial charge in [0.05, 0.1) is 11.5 Å². The van der Waals surface area contributed by atoms with Gasteiger partial charge in [0.15, 0.2) is 0 Å². The average Bonchev–Trinajstić information content (AvgIpc) is 2.37. The van der Waals surface area contributed by atoms with E-state index < -0.39 is 16.5 Å². The molecule has 0 aliphatic carbocycles. The third kappa shape index (κ3) is 3.49. The van der Waals surface area contributed by atoms with E-state index in [0.29, 0.717) is 0 Å². The summed E-state index contributed by atoms with van der Waals surface area (Å²) in [7, 11) is 0. The lowest BCUT2D eigenvalue weighted by molar-refractivity contribution is -0.385. The van der Waals surface area contributed by atoms with Crippen molar-refractivity contribution in [3.05, 3.63) is 45.7 Å². The van der Waals surface area contributed by atoms with Gasteiger partial charge in [-0.3, -0.25) is 14.9 Å². The van der Waals surface area contributed by atoms with E-state index in [9.17, 15) is 14.9 Å². The van der Waals surface area contributed by atoms with Crippen molar-refractivity contribution in [1.29, 1.82) is 0 Å². The van der Waals surface area contributed by atoms with Crippen molar-refractivity contribution in [2.24, 2.45) is 0 Å². The highest BCUT2D eigenvalue weighted by Gasteiger charge is 2.27. The van der Waals surface area contributed by atoms with Crippen LogP contribution in [-0.4, -0.2) is 45.5 Å². The molecule has 0 spiro atoms. The van der Waals surface area contributed by atoms with E-state index in [0.717, 1.165) is 0 Å². The number of carbonyl (C=O) groups excluding carboxylic acids is 1. The number of hydrogen-bond donors (Lipinski definition) is 1. The van der Waals surface area contributed by atoms with Gasteiger partial charge in [-0.1, -0.05) is 17.7 Å². The summed E-state index contributed by atoms with van der Waals surface area (Å²) in [4.78, 5) is 27.2. The predicted octanol–water partition coefficient (Wildman–Crippen LogP) is 1.26. The minimum Gasteiger partial charge on any atom is -0.395 e. The van der Waals surface area contributed by atoms with E-state index in [1.165, 1.54) is 23.2 Å². The predicted molar refractivity (Wildman–Crippen MR) is 69.1 cm³/mol. The zero-order chi connectivity index (χ0) is 14.4. The minimum atomic E-state index is -0.756. The van der Waals surface area contributed by atoms with Crippen molar-refractivity contribution in [3.63, 3.8) is 0 Å². The van der Waals surface area contributed by atoms with Crippen molar-refractivity contribution in [2.45, 2.75) is 0 Å². The molecule has 0 unspecified atom stereocenters. The number of pyridine rings is 1. The molecule has 1 aromatic heterocycles. The summed E-state index contributed by atoms with van der Waals surface area (Å²) >= 11 is 5.63. The Hall–Kier alpha value is -1.99. The number of amides is 1. The van der Waals surface area contributed by atoms with Crippen LogP contribution in [0.15, 0.2) is 24.9 Å². The van der Waals surface area contributed by atoms with Crippen LogP contribution in [0.25, 0.3) is 0 Å². The molecule has 1 rings (SSSR count). The molecule has 1 amide bonds. The van der Waals surface area contributed by atoms with Crippen LogP contribution in [0.1, 0.15) is 10.4 Å². The van der Waals surface area contributed by atoms with E-state index in [-0.39, 0.29) is 30.4 Å². The smallest absolute Gasteiger partial charge is 0.319 e. The fourth-order valence-electron chi connectivity index (χ4n) is 1.50. The minimum absolute atomic E-state index is 0.0436. The molecule has 102 valence electrons. The Morgan fingerprint density at radius 3 is 2.89 bits per heavy atom. The molecule has 0 radical (unpaired) electrons. The third-order valence-corrected chi connectivity index (χ3v) is 2.58. The first-order valence-electron chi connectivity index (χ1n) is 5.32. The van der Waals surface area contributed by atoms with Crippen LogP contribution in [0.5, 0.6) is 0 Å². The Morgan fingerprint density at radius 1 is 1.68 bits per heavy atom. The fraction of sp³-hybridized carbons (Fsp3) is 0.273. The largest absolute Gasteiger partial charge is 0.395 e. The first-order chi connectivity index (χ1) is 9.02. The van der Waals surface area contributed by atoms with Crippen LogP contribution in [0.3, 0.4) is 0 Å². The molecule has 1 heterocycles. The number of aliphatic hydroxyl groups excluding tert-OH is 1. The molecule has 19 heavy (non-hydrogen) atoms. The second kappa shape index (κ2) is 6.81. The van der Waals surface area contributed by atoms with Gasteiger partial charge >= 0.3 is 5.69 Å². The average molecular weight is 286 g/mol. The van der Waals surface area contributed by atoms with Crippen molar-refractivity contribution in [2.75, 3.05) is 19.7 Å². The van der Waals surface area contributed by atoms with Crippen LogP contribution in [0.4, 0.5) is 5.69 Å². The zero-order valence-electron chi connectivity index (χ0n) is 9.95. The molecule has 0 aliphatic heterocycles. The summed E-state index contributed by atoms with van der Waals surface area (Å²) in [5, 5.41) is 19.5. The third-order valence-electron chi connectivity index (χ3n) is 2.30. The standard InChI is InChI=1S/C11H12ClN3O4/c1-2-5-14(6-7-16)11(17)8-3-4-13-10(12)9(8)15(18)19/h2-4,16H,1,5-7H2. The van der Waals surface area contributed by atoms with Crippen LogP contribution >= 0.6 is 11.6 Å². The number of rotatable bonds is 6. The van der Waals surface area contributed by atoms with Crippen LogP contribution in [-0.2, 0) is 0 Å². The quantitative estimate of drug-likeness (QED) is 0.367. The highest BCUT2D eigenvalue weighted by molar-refractivity contribution is 6.32. The first kappa shape index (κ1) is 15.1. The second-order valence-corrected chi connectivity index (χ2v) is 3.88. The molecule has 0 saturated carbocycles. The summed E-state index contributed by atoms with van der Waals surface area (Å²) in [5.41, 5.74) is -0.707. The van der Waals surface area contributed by atoms with Crippen molar-refractivity contribution in [3.8, 4) is 0 Å². The lowest BCUT2D eigenvalue weighted by atomic mass is 10.2. The van der Waals surface area contributed by atoms with Gasteiger partial charge in [0.2, 0.25) is 5.15 Å². The second-order valence-electron chi connectivity index (χ2n) is 3.52. The molecule has 0 atom stereocenters. The van der Waals surface area contributed by atoms with Gasteiger partial charge in [-0.2, -0.15) is 0 Å². The first-order valence-corrected chi connectivity index (χ1v) is 5.70. The summed E-state index contributed by atoms with van der Waals surface area (Å²) in [5.74, 6) is -0.607. The molecule has 0 aliphatic rings. The maximum atomic E-state index is 12.2. The molecule has 1 N–H and O–H groups in total. The summed E-state index contributed by atoms with van der Waals surface area (Å²) < 4.78 is 0. The van der Waals surface area contributed by atoms with Crippen LogP contribution < -0.4 is 0 Å². The Bertz CT molecular complexity index is 507. The maximum absolute atomic E-state index is 12.2. The van der Waals surface area contributed by atoms with Crippen LogP contribution in [0.2, 0.25) is 5.15 Å². The Balaban J connectivity index is 3.20. The van der Waals surface area contributed by atoms with E-state index in [1.807, 2.05) is 0 Å². The monoisotopic (exact) mass is 285 g/mol. The summed E-state index contributed by atoms with van der Waals surface area (Å²) in [6, 6.07) is 1.22. The topological polar surface area (TPSA) is 96.6 Å². The fourth-order valence-corrected chi connectivity index (χ4v) is 1.72. The van der Waals surface area contributed by atoms with E-state index in [1.54, 1.807) is 0 Å². The highest BCUT2D eigenvalue weighted by Crippen LogP contribution is 2.26. The summed E-state index contributed by atoms with van der Waals surface area (Å²) in [6.45, 7) is 3.44. The lowest BCUT2D eigenvalue weighted by Crippen LogP contribution is -2.34. The Morgan fingerprint density at radius 2 is 2.37 bits per heavy atom. The number of aromatic nitrogens is 1. The zero-order valence-corrected chi connectivity index (χ0v) is 10.7. The molecule has 0 aromatic carbocycles. The van der Waals surface area contributed by atoms with E-state index in [4.69, 9.17) is 16.7 Å². The number of aliphatic hydroxyl groups is 1. The van der Waals surface area contributed by atoms with Gasteiger partial charge in [-0.25, -0.2) is 4.98 Å². The molecular weight excluding hydrogens is 274 g/mol. The van der Waals surface area contributed by atoms with Crippen LogP contribution in [0, 0.1) is 10.1 Å². The molecule has 1 aromatic rings. The number of carbonyl (C=O) groups is 1. The van der Waals surface area contributed by atoms with Gasteiger partial charge in [-0.05, 0) is 6.07 Å². The Labute approximate surface area is 114 Å². The van der Waals surface area contributed by atoms with Gasteiger partial charge < -0.3 is 10.0 Å². The van der Waals surface area contributed by atoms with Crippen molar-refractivity contribution >= 4 is 23.2 Å². The molecular formula is C11H12ClN3O4. The lowest BCUT2D eigenvalue weighted by Gasteiger charge is -2.19. The molecule has 0 fully saturated rings. The van der Waals surface area contributed by atoms with E-state index >= 15 is 0 Å². The number of nitrogens with zero attached hydrogens (tertiary/aromatic N) is 3. The maximum Gasteiger partial charge on any atom is 0.319 e. The van der Waals surface area contributed by atoms with Gasteiger partial charge in [0.1, 0.15) is 5.56 Å². The van der Waals surface area contributed by atoms with Gasteiger partial charge in [-0.15, -0.1) is 6.58 Å². The summed E-state index contributed by atoms with van der Waals surface area (Å²) in [6.07, 6.45) is 2.68. The Kier molecular flexibility index (Phi) is 5.40. The molecule has 0 bridgehead atoms. The van der Waals surface area contributed by atoms with Crippen molar-refractivity contribution < 1.29 is 14.8 Å².